The maximum atomic E-state index is 13.0. The van der Waals surface area contributed by atoms with Crippen molar-refractivity contribution in [3.05, 3.63) is 12.7 Å². The van der Waals surface area contributed by atoms with Crippen LogP contribution in [0.3, 0.4) is 0 Å². The van der Waals surface area contributed by atoms with Crippen LogP contribution in [0.5, 0.6) is 0 Å². The number of aliphatic hydroxyl groups excluding tert-OH is 2. The molecule has 1 unspecified atom stereocenters. The fraction of sp³-hybridized carbons (Fsp3) is 0.643. The largest absolute Gasteiger partial charge is 0.394 e. The molecule has 0 saturated carbocycles. The Labute approximate surface area is 132 Å². The van der Waals surface area contributed by atoms with E-state index in [9.17, 15) is 14.6 Å². The van der Waals surface area contributed by atoms with Crippen LogP contribution >= 0.6 is 0 Å². The molecule has 23 heavy (non-hydrogen) atoms. The lowest BCUT2D eigenvalue weighted by Gasteiger charge is -2.23. The smallest absolute Gasteiger partial charge is 0.165 e. The van der Waals surface area contributed by atoms with E-state index in [1.54, 1.807) is 4.57 Å². The van der Waals surface area contributed by atoms with Crippen LogP contribution in [0.25, 0.3) is 11.2 Å². The molecule has 1 aliphatic heterocycles. The number of aliphatic hydroxyl groups is 2. The summed E-state index contributed by atoms with van der Waals surface area (Å²) in [5, 5.41) is 18.7. The van der Waals surface area contributed by atoms with Crippen molar-refractivity contribution in [1.82, 2.24) is 19.5 Å². The van der Waals surface area contributed by atoms with Crippen LogP contribution in [0.4, 0.5) is 10.2 Å². The van der Waals surface area contributed by atoms with Gasteiger partial charge in [-0.05, 0) is 6.42 Å². The molecule has 2 N–H and O–H groups in total. The van der Waals surface area contributed by atoms with E-state index in [4.69, 9.17) is 4.74 Å². The van der Waals surface area contributed by atoms with Gasteiger partial charge in [-0.25, -0.2) is 19.3 Å². The Morgan fingerprint density at radius 2 is 2.13 bits per heavy atom. The molecule has 1 fully saturated rings. The standard InChI is InChI=1S/C14H20FN5O3/c15-4-11-5-19(2-1-3-23-11)13-12-14(17-8-16-13)20(9-18-12)10(6-21)7-22/h8-11,21-22H,1-7H2. The first-order valence-electron chi connectivity index (χ1n) is 7.60. The van der Waals surface area contributed by atoms with Gasteiger partial charge in [0.15, 0.2) is 17.0 Å². The molecular formula is C14H20FN5O3. The number of fused-ring (bicyclic) bond motifs is 1. The summed E-state index contributed by atoms with van der Waals surface area (Å²) in [6.07, 6.45) is 3.24. The van der Waals surface area contributed by atoms with Crippen molar-refractivity contribution in [3.63, 3.8) is 0 Å². The zero-order valence-corrected chi connectivity index (χ0v) is 12.7. The lowest BCUT2D eigenvalue weighted by Crippen LogP contribution is -2.33. The monoisotopic (exact) mass is 325 g/mol. The topological polar surface area (TPSA) is 96.5 Å². The number of nitrogens with zero attached hydrogens (tertiary/aromatic N) is 5. The van der Waals surface area contributed by atoms with Crippen LogP contribution in [0.15, 0.2) is 12.7 Å². The highest BCUT2D eigenvalue weighted by atomic mass is 19.1. The minimum absolute atomic E-state index is 0.219. The third kappa shape index (κ3) is 3.12. The highest BCUT2D eigenvalue weighted by Crippen LogP contribution is 2.25. The number of aromatic nitrogens is 4. The van der Waals surface area contributed by atoms with E-state index < -0.39 is 18.8 Å². The zero-order valence-electron chi connectivity index (χ0n) is 12.7. The van der Waals surface area contributed by atoms with Gasteiger partial charge >= 0.3 is 0 Å². The van der Waals surface area contributed by atoms with Crippen LogP contribution in [0.2, 0.25) is 0 Å². The Hall–Kier alpha value is -1.84. The number of anilines is 1. The Kier molecular flexibility index (Phi) is 4.99. The molecule has 1 atom stereocenters. The van der Waals surface area contributed by atoms with E-state index in [1.807, 2.05) is 4.90 Å². The van der Waals surface area contributed by atoms with Crippen molar-refractivity contribution in [2.45, 2.75) is 18.6 Å². The van der Waals surface area contributed by atoms with Crippen LogP contribution < -0.4 is 4.90 Å². The van der Waals surface area contributed by atoms with Crippen LogP contribution in [-0.4, -0.2) is 75.4 Å². The van der Waals surface area contributed by atoms with Crippen LogP contribution in [0, 0.1) is 0 Å². The molecule has 126 valence electrons. The second-order valence-electron chi connectivity index (χ2n) is 5.49. The first-order chi connectivity index (χ1) is 11.3. The number of hydrogen-bond acceptors (Lipinski definition) is 7. The average Bonchev–Trinajstić information content (AvgIpc) is 2.87. The van der Waals surface area contributed by atoms with Crippen molar-refractivity contribution < 1.29 is 19.3 Å². The van der Waals surface area contributed by atoms with Crippen molar-refractivity contribution in [2.24, 2.45) is 0 Å². The zero-order chi connectivity index (χ0) is 16.2. The first-order valence-corrected chi connectivity index (χ1v) is 7.60. The molecule has 0 aliphatic carbocycles. The second-order valence-corrected chi connectivity index (χ2v) is 5.49. The van der Waals surface area contributed by atoms with Gasteiger partial charge in [0.1, 0.15) is 19.1 Å². The summed E-state index contributed by atoms with van der Waals surface area (Å²) in [5.74, 6) is 0.618. The number of alkyl halides is 1. The molecule has 1 aliphatic rings. The van der Waals surface area contributed by atoms with Gasteiger partial charge in [0, 0.05) is 19.7 Å². The number of halogens is 1. The molecule has 2 aromatic rings. The normalized spacial score (nSPS) is 19.5. The molecule has 1 saturated heterocycles. The number of imidazole rings is 1. The van der Waals surface area contributed by atoms with Gasteiger partial charge in [0.25, 0.3) is 0 Å². The minimum atomic E-state index is -0.545. The van der Waals surface area contributed by atoms with E-state index in [1.165, 1.54) is 12.7 Å². The number of rotatable bonds is 5. The Balaban J connectivity index is 1.98. The molecule has 2 aromatic heterocycles. The molecule has 0 aromatic carbocycles. The van der Waals surface area contributed by atoms with Crippen molar-refractivity contribution in [2.75, 3.05) is 44.5 Å². The summed E-state index contributed by atoms with van der Waals surface area (Å²) in [4.78, 5) is 14.8. The molecule has 3 heterocycles. The van der Waals surface area contributed by atoms with Gasteiger partial charge < -0.3 is 24.4 Å². The molecule has 0 radical (unpaired) electrons. The van der Waals surface area contributed by atoms with E-state index in [2.05, 4.69) is 15.0 Å². The van der Waals surface area contributed by atoms with Crippen molar-refractivity contribution >= 4 is 17.0 Å². The molecule has 0 bridgehead atoms. The molecule has 9 heteroatoms. The summed E-state index contributed by atoms with van der Waals surface area (Å²) in [5.41, 5.74) is 1.10. The number of ether oxygens (including phenoxy) is 1. The SMILES string of the molecule is OCC(CO)n1cnc2c(N3CCCOC(CF)C3)ncnc21. The maximum Gasteiger partial charge on any atom is 0.165 e. The Bertz CT molecular complexity index is 648. The minimum Gasteiger partial charge on any atom is -0.394 e. The second kappa shape index (κ2) is 7.16. The van der Waals surface area contributed by atoms with Gasteiger partial charge in [0.2, 0.25) is 0 Å². The first kappa shape index (κ1) is 16.0. The van der Waals surface area contributed by atoms with Crippen LogP contribution in [-0.2, 0) is 4.74 Å². The van der Waals surface area contributed by atoms with Crippen molar-refractivity contribution in [3.8, 4) is 0 Å². The fourth-order valence-electron chi connectivity index (χ4n) is 2.75. The van der Waals surface area contributed by atoms with E-state index in [-0.39, 0.29) is 13.2 Å². The summed E-state index contributed by atoms with van der Waals surface area (Å²) in [7, 11) is 0. The average molecular weight is 325 g/mol. The van der Waals surface area contributed by atoms with E-state index in [0.29, 0.717) is 36.7 Å². The molecule has 8 nitrogen and oxygen atoms in total. The number of hydrogen-bond donors (Lipinski definition) is 2. The quantitative estimate of drug-likeness (QED) is 0.793. The van der Waals surface area contributed by atoms with Gasteiger partial charge in [-0.1, -0.05) is 0 Å². The predicted octanol–water partition coefficient (Wildman–Crippen LogP) is -0.0832. The molecule has 0 spiro atoms. The summed E-state index contributed by atoms with van der Waals surface area (Å²) < 4.78 is 20.1. The Morgan fingerprint density at radius 3 is 2.87 bits per heavy atom. The van der Waals surface area contributed by atoms with E-state index in [0.717, 1.165) is 6.42 Å². The fourth-order valence-corrected chi connectivity index (χ4v) is 2.75. The van der Waals surface area contributed by atoms with Gasteiger partial charge in [-0.15, -0.1) is 0 Å². The van der Waals surface area contributed by atoms with Crippen LogP contribution in [0.1, 0.15) is 12.5 Å². The third-order valence-corrected chi connectivity index (χ3v) is 3.98. The summed E-state index contributed by atoms with van der Waals surface area (Å²) >= 11 is 0. The van der Waals surface area contributed by atoms with Crippen molar-refractivity contribution in [1.29, 1.82) is 0 Å². The molecular weight excluding hydrogens is 305 g/mol. The highest BCUT2D eigenvalue weighted by Gasteiger charge is 2.23. The molecule has 0 amide bonds. The predicted molar refractivity (Wildman–Crippen MR) is 81.1 cm³/mol. The van der Waals surface area contributed by atoms with Gasteiger partial charge in [0.05, 0.1) is 25.6 Å². The lowest BCUT2D eigenvalue weighted by atomic mass is 10.3. The third-order valence-electron chi connectivity index (χ3n) is 3.98. The molecule has 3 rings (SSSR count). The maximum absolute atomic E-state index is 13.0. The van der Waals surface area contributed by atoms with E-state index >= 15 is 0 Å². The summed E-state index contributed by atoms with van der Waals surface area (Å²) in [6.45, 7) is 0.629. The van der Waals surface area contributed by atoms with Gasteiger partial charge in [-0.2, -0.15) is 0 Å². The summed E-state index contributed by atoms with van der Waals surface area (Å²) in [6, 6.07) is -0.506. The van der Waals surface area contributed by atoms with Gasteiger partial charge in [-0.3, -0.25) is 0 Å². The lowest BCUT2D eigenvalue weighted by molar-refractivity contribution is 0.0508. The Morgan fingerprint density at radius 1 is 1.30 bits per heavy atom. The highest BCUT2D eigenvalue weighted by molar-refractivity contribution is 5.83.